The first kappa shape index (κ1) is 13.8. The van der Waals surface area contributed by atoms with E-state index in [1.165, 1.54) is 0 Å². The number of nitriles is 1. The first-order chi connectivity index (χ1) is 12.3. The van der Waals surface area contributed by atoms with E-state index in [0.29, 0.717) is 5.56 Å². The molecular weight excluding hydrogens is 310 g/mol. The molecule has 1 aliphatic rings. The molecule has 2 aromatic heterocycles. The van der Waals surface area contributed by atoms with E-state index < -0.39 is 0 Å². The zero-order valence-electron chi connectivity index (χ0n) is 13.2. The number of fused-ring (bicyclic) bond motifs is 2. The van der Waals surface area contributed by atoms with Crippen molar-refractivity contribution in [2.45, 2.75) is 6.04 Å². The number of nitrogens with one attached hydrogen (secondary N) is 2. The Labute approximate surface area is 144 Å². The van der Waals surface area contributed by atoms with Crippen molar-refractivity contribution in [1.82, 2.24) is 15.2 Å². The summed E-state index contributed by atoms with van der Waals surface area (Å²) in [5, 5.41) is 22.2. The minimum Gasteiger partial charge on any atom is -0.374 e. The van der Waals surface area contributed by atoms with Crippen LogP contribution in [0.1, 0.15) is 22.7 Å². The van der Waals surface area contributed by atoms with E-state index >= 15 is 0 Å². The molecule has 5 nitrogen and oxygen atoms in total. The van der Waals surface area contributed by atoms with Crippen LogP contribution in [0.5, 0.6) is 0 Å². The third-order valence-electron chi connectivity index (χ3n) is 4.70. The lowest BCUT2D eigenvalue weighted by atomic mass is 9.97. The Kier molecular flexibility index (Phi) is 2.85. The molecule has 2 aromatic carbocycles. The molecule has 0 aliphatic carbocycles. The average molecular weight is 323 g/mol. The molecule has 2 N–H and O–H groups in total. The van der Waals surface area contributed by atoms with Crippen LogP contribution in [0.3, 0.4) is 0 Å². The van der Waals surface area contributed by atoms with Gasteiger partial charge in [0.2, 0.25) is 0 Å². The molecule has 0 spiro atoms. The van der Waals surface area contributed by atoms with Crippen molar-refractivity contribution in [3.63, 3.8) is 0 Å². The van der Waals surface area contributed by atoms with Crippen molar-refractivity contribution in [2.75, 3.05) is 5.32 Å². The number of nitrogens with zero attached hydrogens (tertiary/aromatic N) is 3. The highest BCUT2D eigenvalue weighted by molar-refractivity contribution is 6.00. The van der Waals surface area contributed by atoms with Crippen LogP contribution in [-0.2, 0) is 0 Å². The van der Waals surface area contributed by atoms with Gasteiger partial charge in [0.05, 0.1) is 23.9 Å². The average Bonchev–Trinajstić information content (AvgIpc) is 3.04. The van der Waals surface area contributed by atoms with Crippen LogP contribution in [0.25, 0.3) is 22.2 Å². The predicted molar refractivity (Wildman–Crippen MR) is 95.9 cm³/mol. The molecule has 1 atom stereocenters. The summed E-state index contributed by atoms with van der Waals surface area (Å²) in [7, 11) is 0. The number of hydrogen-bond acceptors (Lipinski definition) is 4. The van der Waals surface area contributed by atoms with Gasteiger partial charge in [0.25, 0.3) is 0 Å². The Bertz CT molecular complexity index is 1130. The normalized spacial score (nSPS) is 15.1. The van der Waals surface area contributed by atoms with Gasteiger partial charge in [-0.3, -0.25) is 0 Å². The number of aromatic nitrogens is 3. The van der Waals surface area contributed by atoms with E-state index in [-0.39, 0.29) is 6.04 Å². The second kappa shape index (κ2) is 5.18. The number of rotatable bonds is 1. The van der Waals surface area contributed by atoms with Crippen molar-refractivity contribution >= 4 is 16.7 Å². The van der Waals surface area contributed by atoms with Crippen molar-refractivity contribution in [3.05, 3.63) is 77.6 Å². The summed E-state index contributed by atoms with van der Waals surface area (Å²) < 4.78 is 0. The summed E-state index contributed by atoms with van der Waals surface area (Å²) in [6.45, 7) is 0. The van der Waals surface area contributed by atoms with Gasteiger partial charge >= 0.3 is 0 Å². The zero-order valence-corrected chi connectivity index (χ0v) is 13.2. The Morgan fingerprint density at radius 3 is 2.68 bits per heavy atom. The molecule has 5 heteroatoms. The summed E-state index contributed by atoms with van der Waals surface area (Å²) in [5.74, 6) is 0. The van der Waals surface area contributed by atoms with Crippen LogP contribution >= 0.6 is 0 Å². The van der Waals surface area contributed by atoms with Gasteiger partial charge in [0, 0.05) is 34.0 Å². The Hall–Kier alpha value is -3.65. The number of anilines is 1. The molecule has 0 bridgehead atoms. The van der Waals surface area contributed by atoms with E-state index in [1.807, 2.05) is 48.8 Å². The number of benzene rings is 2. The van der Waals surface area contributed by atoms with Gasteiger partial charge in [0.15, 0.2) is 5.65 Å². The maximum absolute atomic E-state index is 9.05. The predicted octanol–water partition coefficient (Wildman–Crippen LogP) is 4.01. The molecule has 5 rings (SSSR count). The van der Waals surface area contributed by atoms with Gasteiger partial charge in [-0.1, -0.05) is 30.3 Å². The summed E-state index contributed by atoms with van der Waals surface area (Å²) in [5.41, 5.74) is 6.90. The molecule has 1 unspecified atom stereocenters. The van der Waals surface area contributed by atoms with Gasteiger partial charge in [0.1, 0.15) is 0 Å². The molecule has 4 aromatic rings. The SMILES string of the molecule is N#Cc1ccc(C2Nc3ccccc3-c3cnnc4[nH]cc2c34)cc1. The lowest BCUT2D eigenvalue weighted by Crippen LogP contribution is -2.11. The van der Waals surface area contributed by atoms with Gasteiger partial charge in [-0.05, 0) is 23.8 Å². The third kappa shape index (κ3) is 2.01. The first-order valence-electron chi connectivity index (χ1n) is 8.04. The maximum Gasteiger partial charge on any atom is 0.160 e. The molecule has 0 saturated carbocycles. The highest BCUT2D eigenvalue weighted by Crippen LogP contribution is 2.42. The van der Waals surface area contributed by atoms with E-state index in [1.54, 1.807) is 0 Å². The molecule has 0 radical (unpaired) electrons. The lowest BCUT2D eigenvalue weighted by molar-refractivity contribution is 0.952. The summed E-state index contributed by atoms with van der Waals surface area (Å²) in [6, 6.07) is 18.1. The molecule has 0 amide bonds. The maximum atomic E-state index is 9.05. The molecular formula is C20H13N5. The van der Waals surface area contributed by atoms with Crippen molar-refractivity contribution in [1.29, 1.82) is 5.26 Å². The standard InChI is InChI=1S/C20H13N5/c21-9-12-5-7-13(8-6-12)19-16-10-22-20-18(16)15(11-23-25-20)14-3-1-2-4-17(14)24-19/h1-8,10-11,19,24H,(H,22,25). The quantitative estimate of drug-likeness (QED) is 0.555. The molecule has 1 aliphatic heterocycles. The van der Waals surface area contributed by atoms with Crippen molar-refractivity contribution in [2.24, 2.45) is 0 Å². The largest absolute Gasteiger partial charge is 0.374 e. The van der Waals surface area contributed by atoms with Crippen LogP contribution in [-0.4, -0.2) is 15.2 Å². The van der Waals surface area contributed by atoms with E-state index in [4.69, 9.17) is 5.26 Å². The van der Waals surface area contributed by atoms with Crippen LogP contribution in [0.15, 0.2) is 60.9 Å². The summed E-state index contributed by atoms with van der Waals surface area (Å²) >= 11 is 0. The second-order valence-corrected chi connectivity index (χ2v) is 6.08. The van der Waals surface area contributed by atoms with Gasteiger partial charge in [-0.15, -0.1) is 5.10 Å². The highest BCUT2D eigenvalue weighted by atomic mass is 15.1. The minimum atomic E-state index is -0.0342. The molecule has 118 valence electrons. The molecule has 3 heterocycles. The summed E-state index contributed by atoms with van der Waals surface area (Å²) in [6.07, 6.45) is 3.81. The Balaban J connectivity index is 1.80. The van der Waals surface area contributed by atoms with Crippen molar-refractivity contribution in [3.8, 4) is 17.2 Å². The lowest BCUT2D eigenvalue weighted by Gasteiger charge is -2.19. The van der Waals surface area contributed by atoms with Gasteiger partial charge in [-0.25, -0.2) is 0 Å². The summed E-state index contributed by atoms with van der Waals surface area (Å²) in [4.78, 5) is 3.23. The van der Waals surface area contributed by atoms with E-state index in [2.05, 4.69) is 38.7 Å². The van der Waals surface area contributed by atoms with Crippen LogP contribution in [0, 0.1) is 11.3 Å². The van der Waals surface area contributed by atoms with Gasteiger partial charge < -0.3 is 10.3 Å². The third-order valence-corrected chi connectivity index (χ3v) is 4.70. The fourth-order valence-corrected chi connectivity index (χ4v) is 3.52. The first-order valence-corrected chi connectivity index (χ1v) is 8.04. The second-order valence-electron chi connectivity index (χ2n) is 6.08. The molecule has 0 fully saturated rings. The molecule has 25 heavy (non-hydrogen) atoms. The zero-order chi connectivity index (χ0) is 16.8. The number of hydrogen-bond donors (Lipinski definition) is 2. The number of para-hydroxylation sites is 1. The van der Waals surface area contributed by atoms with Crippen molar-refractivity contribution < 1.29 is 0 Å². The monoisotopic (exact) mass is 323 g/mol. The number of H-pyrrole nitrogens is 1. The van der Waals surface area contributed by atoms with Gasteiger partial charge in [-0.2, -0.15) is 10.4 Å². The molecule has 0 saturated heterocycles. The fourth-order valence-electron chi connectivity index (χ4n) is 3.52. The van der Waals surface area contributed by atoms with E-state index in [9.17, 15) is 0 Å². The number of aromatic amines is 1. The minimum absolute atomic E-state index is 0.0342. The van der Waals surface area contributed by atoms with E-state index in [0.717, 1.165) is 39.0 Å². The van der Waals surface area contributed by atoms with Crippen LogP contribution < -0.4 is 5.32 Å². The van der Waals surface area contributed by atoms with Crippen LogP contribution in [0.2, 0.25) is 0 Å². The highest BCUT2D eigenvalue weighted by Gasteiger charge is 2.26. The van der Waals surface area contributed by atoms with Crippen LogP contribution in [0.4, 0.5) is 5.69 Å². The Morgan fingerprint density at radius 2 is 1.84 bits per heavy atom. The fraction of sp³-hybridized carbons (Fsp3) is 0.0500. The topological polar surface area (TPSA) is 77.4 Å². The smallest absolute Gasteiger partial charge is 0.160 e. The Morgan fingerprint density at radius 1 is 1.00 bits per heavy atom.